The molecule has 0 radical (unpaired) electrons. The van der Waals surface area contributed by atoms with Crippen molar-refractivity contribution in [3.05, 3.63) is 12.7 Å². The van der Waals surface area contributed by atoms with Crippen molar-refractivity contribution in [2.45, 2.75) is 43.4 Å². The lowest BCUT2D eigenvalue weighted by Crippen LogP contribution is -2.34. The van der Waals surface area contributed by atoms with E-state index in [4.69, 9.17) is 35.5 Å². The van der Waals surface area contributed by atoms with Crippen molar-refractivity contribution in [1.82, 2.24) is 19.5 Å². The van der Waals surface area contributed by atoms with Gasteiger partial charge < -0.3 is 32.2 Å². The molecule has 178 valence electrons. The van der Waals surface area contributed by atoms with Crippen LogP contribution in [0.15, 0.2) is 12.7 Å². The van der Waals surface area contributed by atoms with Crippen molar-refractivity contribution in [2.24, 2.45) is 11.5 Å². The third-order valence-electron chi connectivity index (χ3n) is 4.83. The molecule has 1 fully saturated rings. The second-order valence-corrected chi connectivity index (χ2v) is 8.89. The number of hydrogen-bond acceptors (Lipinski definition) is 13. The lowest BCUT2D eigenvalue weighted by Gasteiger charge is -2.21. The largest absolute Gasteiger partial charge is 0.474 e. The number of carbonyl (C=O) groups is 1. The van der Waals surface area contributed by atoms with Gasteiger partial charge in [-0.05, 0) is 6.42 Å². The van der Waals surface area contributed by atoms with Crippen LogP contribution < -0.4 is 17.2 Å². The van der Waals surface area contributed by atoms with E-state index in [9.17, 15) is 19.6 Å². The molecule has 6 atom stereocenters. The van der Waals surface area contributed by atoms with Gasteiger partial charge >= 0.3 is 7.82 Å². The molecule has 0 bridgehead atoms. The van der Waals surface area contributed by atoms with Gasteiger partial charge in [0, 0.05) is 19.6 Å². The zero-order valence-corrected chi connectivity index (χ0v) is 18.1. The number of ether oxygens (including phenoxy) is 1. The number of nitrogens with two attached hydrogens (primary N) is 3. The van der Waals surface area contributed by atoms with E-state index in [0.29, 0.717) is 11.2 Å². The summed E-state index contributed by atoms with van der Waals surface area (Å²) in [5.74, 6) is -0.374. The van der Waals surface area contributed by atoms with Gasteiger partial charge in [0.25, 0.3) is 0 Å². The van der Waals surface area contributed by atoms with Crippen LogP contribution in [0.1, 0.15) is 19.1 Å². The first-order valence-electron chi connectivity index (χ1n) is 9.58. The number of aromatic nitrogens is 4. The van der Waals surface area contributed by atoms with Gasteiger partial charge in [0.05, 0.1) is 19.5 Å². The number of imidazole rings is 1. The summed E-state index contributed by atoms with van der Waals surface area (Å²) in [5, 5.41) is 20.8. The molecule has 16 heteroatoms. The summed E-state index contributed by atoms with van der Waals surface area (Å²) in [6.07, 6.45) is -2.06. The van der Waals surface area contributed by atoms with Gasteiger partial charge in [0.1, 0.15) is 30.2 Å². The summed E-state index contributed by atoms with van der Waals surface area (Å²) >= 11 is 0. The third-order valence-corrected chi connectivity index (χ3v) is 6.21. The first kappa shape index (κ1) is 24.4. The van der Waals surface area contributed by atoms with E-state index >= 15 is 0 Å². The van der Waals surface area contributed by atoms with Gasteiger partial charge in [-0.3, -0.25) is 22.9 Å². The Morgan fingerprint density at radius 1 is 1.31 bits per heavy atom. The number of phosphoric ester groups is 1. The number of aliphatic hydroxyl groups excluding tert-OH is 2. The zero-order valence-electron chi connectivity index (χ0n) is 17.2. The Morgan fingerprint density at radius 2 is 2.06 bits per heavy atom. The van der Waals surface area contributed by atoms with Crippen molar-refractivity contribution >= 4 is 30.7 Å². The van der Waals surface area contributed by atoms with E-state index in [2.05, 4.69) is 15.0 Å². The monoisotopic (exact) mass is 475 g/mol. The van der Waals surface area contributed by atoms with Crippen LogP contribution in [0.25, 0.3) is 11.2 Å². The summed E-state index contributed by atoms with van der Waals surface area (Å²) in [5.41, 5.74) is 17.2. The van der Waals surface area contributed by atoms with Crippen LogP contribution in [-0.2, 0) is 27.7 Å². The van der Waals surface area contributed by atoms with Gasteiger partial charge in [-0.25, -0.2) is 19.5 Å². The Hall–Kier alpha value is -2.23. The highest BCUT2D eigenvalue weighted by atomic mass is 31.2. The van der Waals surface area contributed by atoms with Crippen LogP contribution >= 0.6 is 7.82 Å². The average molecular weight is 475 g/mol. The molecule has 0 aliphatic carbocycles. The molecule has 1 saturated heterocycles. The van der Waals surface area contributed by atoms with Crippen LogP contribution in [0.2, 0.25) is 0 Å². The number of fused-ring (bicyclic) bond motifs is 1. The standard InChI is InChI=1S/C16H26N7O8P/c1-28-32(27,29-4-8(17)2-3-10(18)24)30-5-9-12(25)13(26)16(31-9)23-7-22-11-14(19)20-6-21-15(11)23/h6-9,12-13,16,25-26H,2-5,17H2,1H3,(H2,18,24)(H2,19,20,21). The predicted octanol–water partition coefficient (Wildman–Crippen LogP) is -1.59. The first-order chi connectivity index (χ1) is 15.1. The number of nitrogens with zero attached hydrogens (tertiary/aromatic N) is 4. The molecule has 3 rings (SSSR count). The lowest BCUT2D eigenvalue weighted by atomic mass is 10.1. The molecule has 1 aliphatic heterocycles. The highest BCUT2D eigenvalue weighted by molar-refractivity contribution is 7.48. The number of phosphoric acid groups is 1. The molecule has 1 aliphatic rings. The minimum Gasteiger partial charge on any atom is -0.387 e. The number of primary amides is 1. The molecule has 2 aromatic heterocycles. The second-order valence-electron chi connectivity index (χ2n) is 7.12. The number of amides is 1. The molecule has 2 aromatic rings. The fraction of sp³-hybridized carbons (Fsp3) is 0.625. The molecular weight excluding hydrogens is 449 g/mol. The smallest absolute Gasteiger partial charge is 0.387 e. The minimum absolute atomic E-state index is 0.0452. The molecule has 0 aromatic carbocycles. The van der Waals surface area contributed by atoms with E-state index < -0.39 is 50.9 Å². The van der Waals surface area contributed by atoms with Crippen LogP contribution in [-0.4, -0.2) is 80.3 Å². The van der Waals surface area contributed by atoms with Crippen molar-refractivity contribution in [1.29, 1.82) is 0 Å². The Bertz CT molecular complexity index is 990. The summed E-state index contributed by atoms with van der Waals surface area (Å²) < 4.78 is 34.9. The summed E-state index contributed by atoms with van der Waals surface area (Å²) in [6.45, 7) is -0.653. The molecular formula is C16H26N7O8P. The maximum atomic E-state index is 12.6. The molecule has 0 spiro atoms. The summed E-state index contributed by atoms with van der Waals surface area (Å²) in [4.78, 5) is 22.8. The van der Waals surface area contributed by atoms with E-state index in [-0.39, 0.29) is 25.3 Å². The number of hydrogen-bond donors (Lipinski definition) is 5. The molecule has 8 N–H and O–H groups in total. The highest BCUT2D eigenvalue weighted by Gasteiger charge is 2.45. The predicted molar refractivity (Wildman–Crippen MR) is 109 cm³/mol. The molecule has 15 nitrogen and oxygen atoms in total. The fourth-order valence-corrected chi connectivity index (χ4v) is 4.05. The van der Waals surface area contributed by atoms with E-state index in [1.807, 2.05) is 0 Å². The van der Waals surface area contributed by atoms with E-state index in [1.165, 1.54) is 17.2 Å². The SMILES string of the molecule is COP(=O)(OCC(N)CCC(N)=O)OCC1OC(n2cnc3c(N)ncnc32)C(O)C1O. The lowest BCUT2D eigenvalue weighted by molar-refractivity contribution is -0.118. The Labute approximate surface area is 182 Å². The third kappa shape index (κ3) is 5.39. The van der Waals surface area contributed by atoms with Gasteiger partial charge in [0.2, 0.25) is 5.91 Å². The maximum Gasteiger partial charge on any atom is 0.474 e. The maximum absolute atomic E-state index is 12.6. The van der Waals surface area contributed by atoms with Crippen molar-refractivity contribution in [3.8, 4) is 0 Å². The van der Waals surface area contributed by atoms with Crippen LogP contribution in [0.3, 0.4) is 0 Å². The topological polar surface area (TPSA) is 233 Å². The number of nitrogen functional groups attached to an aromatic ring is 1. The Balaban J connectivity index is 1.61. The van der Waals surface area contributed by atoms with Crippen LogP contribution in [0.5, 0.6) is 0 Å². The van der Waals surface area contributed by atoms with Crippen LogP contribution in [0.4, 0.5) is 5.82 Å². The molecule has 1 amide bonds. The summed E-state index contributed by atoms with van der Waals surface area (Å²) in [7, 11) is -2.94. The number of anilines is 1. The molecule has 6 unspecified atom stereocenters. The van der Waals surface area contributed by atoms with Gasteiger partial charge in [-0.15, -0.1) is 0 Å². The number of carbonyl (C=O) groups excluding carboxylic acids is 1. The number of aliphatic hydroxyl groups is 2. The van der Waals surface area contributed by atoms with Gasteiger partial charge in [0.15, 0.2) is 17.7 Å². The van der Waals surface area contributed by atoms with Crippen molar-refractivity contribution in [3.63, 3.8) is 0 Å². The highest BCUT2D eigenvalue weighted by Crippen LogP contribution is 2.49. The molecule has 0 saturated carbocycles. The quantitative estimate of drug-likeness (QED) is 0.231. The molecule has 3 heterocycles. The average Bonchev–Trinajstić information content (AvgIpc) is 3.31. The van der Waals surface area contributed by atoms with Crippen LogP contribution in [0, 0.1) is 0 Å². The minimum atomic E-state index is -4.05. The second kappa shape index (κ2) is 10.1. The zero-order chi connectivity index (χ0) is 23.5. The van der Waals surface area contributed by atoms with Crippen molar-refractivity contribution < 1.29 is 37.9 Å². The normalized spacial score (nSPS) is 26.2. The summed E-state index contributed by atoms with van der Waals surface area (Å²) in [6, 6.07) is -0.627. The van der Waals surface area contributed by atoms with Gasteiger partial charge in [-0.1, -0.05) is 0 Å². The number of rotatable bonds is 11. The van der Waals surface area contributed by atoms with E-state index in [1.54, 1.807) is 0 Å². The Morgan fingerprint density at radius 3 is 2.75 bits per heavy atom. The van der Waals surface area contributed by atoms with Crippen molar-refractivity contribution in [2.75, 3.05) is 26.1 Å². The molecule has 32 heavy (non-hydrogen) atoms. The van der Waals surface area contributed by atoms with Gasteiger partial charge in [-0.2, -0.15) is 0 Å². The first-order valence-corrected chi connectivity index (χ1v) is 11.0. The Kier molecular flexibility index (Phi) is 7.74. The van der Waals surface area contributed by atoms with E-state index in [0.717, 1.165) is 7.11 Å². The fourth-order valence-electron chi connectivity index (χ4n) is 3.06.